The fraction of sp³-hybridized carbons (Fsp3) is 0.258. The van der Waals surface area contributed by atoms with Crippen LogP contribution in [0.25, 0.3) is 22.2 Å². The Hall–Kier alpha value is -3.64. The second-order valence-corrected chi connectivity index (χ2v) is 14.2. The number of ether oxygens (including phenoxy) is 1. The minimum Gasteiger partial charge on any atom is -0.487 e. The maximum Gasteiger partial charge on any atom is 0.153 e. The first-order chi connectivity index (χ1) is 20.7. The quantitative estimate of drug-likeness (QED) is 0.135. The molecule has 0 radical (unpaired) electrons. The Labute approximate surface area is 259 Å². The number of benzene rings is 3. The maximum absolute atomic E-state index is 13.5. The molecule has 0 saturated carbocycles. The van der Waals surface area contributed by atoms with Crippen molar-refractivity contribution in [2.75, 3.05) is 24.2 Å². The minimum atomic E-state index is -3.05. The normalized spacial score (nSPS) is 11.7. The van der Waals surface area contributed by atoms with E-state index in [1.165, 1.54) is 18.5 Å². The SMILES string of the molecule is CC(C)S(=O)(=O)CCNCCc1nc(-c2ccc3ncnc(Nc4ccc(OCc5cccc(F)c5)c(Cl)c4)c3c2)cs1. The van der Waals surface area contributed by atoms with E-state index in [-0.39, 0.29) is 23.4 Å². The van der Waals surface area contributed by atoms with Crippen molar-refractivity contribution < 1.29 is 17.5 Å². The maximum atomic E-state index is 13.5. The Kier molecular flexibility index (Phi) is 9.86. The van der Waals surface area contributed by atoms with Gasteiger partial charge < -0.3 is 15.4 Å². The van der Waals surface area contributed by atoms with Crippen LogP contribution in [0.5, 0.6) is 5.75 Å². The minimum absolute atomic E-state index is 0.129. The molecular weight excluding hydrogens is 609 g/mol. The number of hydrogen-bond donors (Lipinski definition) is 2. The van der Waals surface area contributed by atoms with E-state index in [4.69, 9.17) is 21.3 Å². The van der Waals surface area contributed by atoms with Gasteiger partial charge in [0.25, 0.3) is 0 Å². The smallest absolute Gasteiger partial charge is 0.153 e. The molecule has 0 atom stereocenters. The van der Waals surface area contributed by atoms with Crippen molar-refractivity contribution in [3.8, 4) is 17.0 Å². The van der Waals surface area contributed by atoms with Gasteiger partial charge in [0.05, 0.1) is 32.2 Å². The number of anilines is 2. The first-order valence-electron chi connectivity index (χ1n) is 13.7. The van der Waals surface area contributed by atoms with Gasteiger partial charge >= 0.3 is 0 Å². The molecule has 0 aliphatic carbocycles. The van der Waals surface area contributed by atoms with Gasteiger partial charge in [0.2, 0.25) is 0 Å². The number of thiazole rings is 1. The Bertz CT molecular complexity index is 1830. The molecule has 8 nitrogen and oxygen atoms in total. The lowest BCUT2D eigenvalue weighted by molar-refractivity contribution is 0.306. The molecule has 224 valence electrons. The van der Waals surface area contributed by atoms with Crippen molar-refractivity contribution in [2.45, 2.75) is 32.1 Å². The lowest BCUT2D eigenvalue weighted by atomic mass is 10.1. The van der Waals surface area contributed by atoms with Crippen LogP contribution in [0.3, 0.4) is 0 Å². The Morgan fingerprint density at radius 2 is 1.91 bits per heavy atom. The van der Waals surface area contributed by atoms with Crippen LogP contribution in [0.15, 0.2) is 72.4 Å². The number of halogens is 2. The van der Waals surface area contributed by atoms with Crippen molar-refractivity contribution in [3.63, 3.8) is 0 Å². The zero-order valence-corrected chi connectivity index (χ0v) is 26.1. The number of nitrogens with one attached hydrogen (secondary N) is 2. The van der Waals surface area contributed by atoms with Crippen LogP contribution < -0.4 is 15.4 Å². The number of sulfone groups is 1. The lowest BCUT2D eigenvalue weighted by Gasteiger charge is -2.12. The van der Waals surface area contributed by atoms with E-state index in [0.29, 0.717) is 41.7 Å². The molecule has 2 heterocycles. The van der Waals surface area contributed by atoms with Gasteiger partial charge in [-0.05, 0) is 61.9 Å². The molecular formula is C31H31ClFN5O3S2. The first-order valence-corrected chi connectivity index (χ1v) is 16.7. The number of hydrogen-bond acceptors (Lipinski definition) is 9. The molecule has 0 amide bonds. The number of fused-ring (bicyclic) bond motifs is 1. The van der Waals surface area contributed by atoms with Crippen molar-refractivity contribution in [2.24, 2.45) is 0 Å². The standard InChI is InChI=1S/C31H31ClFN5O3S2/c1-20(2)43(39,40)13-12-34-11-10-30-38-28(18-42-30)22-6-8-27-25(15-22)31(36-19-35-27)37-24-7-9-29(26(32)16-24)41-17-21-4-3-5-23(33)14-21/h3-9,14-16,18-20,34H,10-13,17H2,1-2H3,(H,35,36,37). The van der Waals surface area contributed by atoms with Crippen molar-refractivity contribution in [1.29, 1.82) is 0 Å². The van der Waals surface area contributed by atoms with Gasteiger partial charge in [-0.2, -0.15) is 0 Å². The van der Waals surface area contributed by atoms with Gasteiger partial charge in [0, 0.05) is 41.5 Å². The van der Waals surface area contributed by atoms with Gasteiger partial charge in [-0.15, -0.1) is 11.3 Å². The summed E-state index contributed by atoms with van der Waals surface area (Å²) in [6, 6.07) is 17.5. The van der Waals surface area contributed by atoms with E-state index in [0.717, 1.165) is 32.9 Å². The predicted molar refractivity (Wildman–Crippen MR) is 172 cm³/mol. The molecule has 5 rings (SSSR count). The highest BCUT2D eigenvalue weighted by atomic mass is 35.5. The van der Waals surface area contributed by atoms with E-state index < -0.39 is 9.84 Å². The van der Waals surface area contributed by atoms with Crippen LogP contribution in [0.1, 0.15) is 24.4 Å². The highest BCUT2D eigenvalue weighted by Gasteiger charge is 2.15. The zero-order chi connectivity index (χ0) is 30.4. The fourth-order valence-electron chi connectivity index (χ4n) is 4.26. The Morgan fingerprint density at radius 3 is 2.70 bits per heavy atom. The van der Waals surface area contributed by atoms with Crippen LogP contribution in [-0.4, -0.2) is 47.5 Å². The van der Waals surface area contributed by atoms with Gasteiger partial charge in [0.1, 0.15) is 30.3 Å². The summed E-state index contributed by atoms with van der Waals surface area (Å²) in [7, 11) is -3.05. The zero-order valence-electron chi connectivity index (χ0n) is 23.7. The van der Waals surface area contributed by atoms with Crippen molar-refractivity contribution >= 4 is 55.2 Å². The molecule has 0 bridgehead atoms. The molecule has 2 aromatic heterocycles. The summed E-state index contributed by atoms with van der Waals surface area (Å²) in [6.07, 6.45) is 2.21. The van der Waals surface area contributed by atoms with Crippen LogP contribution in [0.4, 0.5) is 15.9 Å². The summed E-state index contributed by atoms with van der Waals surface area (Å²) in [4.78, 5) is 13.7. The summed E-state index contributed by atoms with van der Waals surface area (Å²) in [5, 5.41) is 10.4. The van der Waals surface area contributed by atoms with Crippen LogP contribution in [0, 0.1) is 5.82 Å². The molecule has 0 unspecified atom stereocenters. The number of nitrogens with zero attached hydrogens (tertiary/aromatic N) is 3. The Balaban J connectivity index is 1.24. The Morgan fingerprint density at radius 1 is 1.05 bits per heavy atom. The molecule has 3 aromatic carbocycles. The second-order valence-electron chi connectivity index (χ2n) is 10.2. The van der Waals surface area contributed by atoms with E-state index in [2.05, 4.69) is 20.6 Å². The largest absolute Gasteiger partial charge is 0.487 e. The molecule has 0 spiro atoms. The van der Waals surface area contributed by atoms with E-state index in [1.54, 1.807) is 49.4 Å². The molecule has 0 saturated heterocycles. The molecule has 2 N–H and O–H groups in total. The number of rotatable bonds is 13. The third-order valence-electron chi connectivity index (χ3n) is 6.76. The van der Waals surface area contributed by atoms with Gasteiger partial charge in [0.15, 0.2) is 9.84 Å². The highest BCUT2D eigenvalue weighted by Crippen LogP contribution is 2.32. The van der Waals surface area contributed by atoms with Gasteiger partial charge in [-0.1, -0.05) is 29.8 Å². The third-order valence-corrected chi connectivity index (χ3v) is 10.2. The van der Waals surface area contributed by atoms with Gasteiger partial charge in [-0.3, -0.25) is 0 Å². The van der Waals surface area contributed by atoms with E-state index >= 15 is 0 Å². The molecule has 0 fully saturated rings. The van der Waals surface area contributed by atoms with E-state index in [1.807, 2.05) is 29.6 Å². The van der Waals surface area contributed by atoms with Crippen molar-refractivity contribution in [3.05, 3.63) is 93.8 Å². The predicted octanol–water partition coefficient (Wildman–Crippen LogP) is 6.82. The highest BCUT2D eigenvalue weighted by molar-refractivity contribution is 7.92. The molecule has 43 heavy (non-hydrogen) atoms. The summed E-state index contributed by atoms with van der Waals surface area (Å²) in [6.45, 7) is 4.67. The monoisotopic (exact) mass is 639 g/mol. The third kappa shape index (κ3) is 8.05. The number of aromatic nitrogens is 3. The first kappa shape index (κ1) is 30.8. The topological polar surface area (TPSA) is 106 Å². The van der Waals surface area contributed by atoms with Gasteiger partial charge in [-0.25, -0.2) is 27.8 Å². The van der Waals surface area contributed by atoms with Crippen LogP contribution >= 0.6 is 22.9 Å². The molecule has 12 heteroatoms. The average molecular weight is 640 g/mol. The summed E-state index contributed by atoms with van der Waals surface area (Å²) < 4.78 is 43.2. The summed E-state index contributed by atoms with van der Waals surface area (Å²) >= 11 is 8.06. The fourth-order valence-corrected chi connectivity index (χ4v) is 6.21. The second kappa shape index (κ2) is 13.8. The average Bonchev–Trinajstić information content (AvgIpc) is 3.45. The summed E-state index contributed by atoms with van der Waals surface area (Å²) in [5.41, 5.74) is 3.99. The van der Waals surface area contributed by atoms with E-state index in [9.17, 15) is 12.8 Å². The van der Waals surface area contributed by atoms with Crippen LogP contribution in [0.2, 0.25) is 5.02 Å². The van der Waals surface area contributed by atoms with Crippen molar-refractivity contribution in [1.82, 2.24) is 20.3 Å². The van der Waals surface area contributed by atoms with Crippen LogP contribution in [-0.2, 0) is 22.9 Å². The summed E-state index contributed by atoms with van der Waals surface area (Å²) in [5.74, 6) is 0.918. The lowest BCUT2D eigenvalue weighted by Crippen LogP contribution is -2.28. The molecule has 5 aromatic rings. The molecule has 0 aliphatic rings. The molecule has 0 aliphatic heterocycles.